The van der Waals surface area contributed by atoms with Crippen molar-refractivity contribution in [1.29, 1.82) is 0 Å². The second-order valence-electron chi connectivity index (χ2n) is 8.13. The first-order valence-electron chi connectivity index (χ1n) is 11.2. The Labute approximate surface area is 216 Å². The summed E-state index contributed by atoms with van der Waals surface area (Å²) in [6.07, 6.45) is 1.24. The van der Waals surface area contributed by atoms with Gasteiger partial charge in [-0.05, 0) is 12.8 Å². The van der Waals surface area contributed by atoms with E-state index >= 15 is 0 Å². The third-order valence-corrected chi connectivity index (χ3v) is 4.94. The van der Waals surface area contributed by atoms with Crippen LogP contribution in [0.15, 0.2) is 17.5 Å². The molecule has 1 rings (SSSR count). The molecular formula is C20H32N10O8. The van der Waals surface area contributed by atoms with Crippen molar-refractivity contribution in [3.63, 3.8) is 0 Å². The van der Waals surface area contributed by atoms with Gasteiger partial charge in [0, 0.05) is 24.9 Å². The number of aromatic amines is 1. The number of aromatic nitrogens is 2. The van der Waals surface area contributed by atoms with Crippen LogP contribution in [0.5, 0.6) is 0 Å². The highest BCUT2D eigenvalue weighted by Crippen LogP contribution is 2.04. The van der Waals surface area contributed by atoms with Crippen LogP contribution in [0.1, 0.15) is 31.4 Å². The number of hydrogen-bond acceptors (Lipinski definition) is 9. The monoisotopic (exact) mass is 540 g/mol. The van der Waals surface area contributed by atoms with Gasteiger partial charge in [-0.1, -0.05) is 0 Å². The highest BCUT2D eigenvalue weighted by Gasteiger charge is 2.32. The van der Waals surface area contributed by atoms with E-state index in [2.05, 4.69) is 30.9 Å². The van der Waals surface area contributed by atoms with Crippen LogP contribution in [-0.4, -0.2) is 92.4 Å². The van der Waals surface area contributed by atoms with Gasteiger partial charge in [0.15, 0.2) is 5.96 Å². The Kier molecular flexibility index (Phi) is 12.7. The minimum atomic E-state index is -1.76. The van der Waals surface area contributed by atoms with Gasteiger partial charge in [-0.2, -0.15) is 0 Å². The Hall–Kier alpha value is -4.74. The maximum Gasteiger partial charge on any atom is 0.326 e. The van der Waals surface area contributed by atoms with Gasteiger partial charge in [-0.25, -0.2) is 9.78 Å². The van der Waals surface area contributed by atoms with Gasteiger partial charge < -0.3 is 54.1 Å². The summed E-state index contributed by atoms with van der Waals surface area (Å²) >= 11 is 0. The van der Waals surface area contributed by atoms with Crippen LogP contribution in [-0.2, 0) is 35.2 Å². The van der Waals surface area contributed by atoms with Crippen molar-refractivity contribution in [3.05, 3.63) is 18.2 Å². The second-order valence-corrected chi connectivity index (χ2v) is 8.13. The molecular weight excluding hydrogens is 508 g/mol. The molecule has 0 aromatic carbocycles. The molecule has 0 saturated heterocycles. The number of aliphatic carboxylic acids is 2. The maximum atomic E-state index is 12.8. The van der Waals surface area contributed by atoms with Gasteiger partial charge in [0.1, 0.15) is 18.1 Å². The van der Waals surface area contributed by atoms with E-state index in [4.69, 9.17) is 22.9 Å². The van der Waals surface area contributed by atoms with Crippen molar-refractivity contribution in [1.82, 2.24) is 25.9 Å². The summed E-state index contributed by atoms with van der Waals surface area (Å²) in [6.45, 7) is 0.0777. The fourth-order valence-corrected chi connectivity index (χ4v) is 3.10. The molecule has 18 heteroatoms. The number of primary amides is 1. The Bertz CT molecular complexity index is 1030. The molecule has 18 nitrogen and oxygen atoms in total. The fraction of sp³-hybridized carbons (Fsp3) is 0.500. The molecule has 0 radical (unpaired) electrons. The van der Waals surface area contributed by atoms with Crippen molar-refractivity contribution in [2.24, 2.45) is 27.9 Å². The summed E-state index contributed by atoms with van der Waals surface area (Å²) in [6, 6.07) is -5.98. The molecule has 1 aromatic heterocycles. The van der Waals surface area contributed by atoms with E-state index in [1.165, 1.54) is 12.5 Å². The average molecular weight is 541 g/mol. The average Bonchev–Trinajstić information content (AvgIpc) is 3.31. The first-order chi connectivity index (χ1) is 17.8. The summed E-state index contributed by atoms with van der Waals surface area (Å²) in [5, 5.41) is 25.1. The van der Waals surface area contributed by atoms with Gasteiger partial charge in [0.25, 0.3) is 0 Å². The Morgan fingerprint density at radius 1 is 0.921 bits per heavy atom. The first kappa shape index (κ1) is 31.3. The van der Waals surface area contributed by atoms with Crippen LogP contribution < -0.4 is 38.9 Å². The third-order valence-electron chi connectivity index (χ3n) is 4.94. The maximum absolute atomic E-state index is 12.8. The number of nitrogens with zero attached hydrogens (tertiary/aromatic N) is 2. The highest BCUT2D eigenvalue weighted by molar-refractivity contribution is 5.97. The number of aliphatic imine (C=N–C) groups is 1. The number of carboxylic acid groups (broad SMARTS) is 2. The number of imidazole rings is 1. The predicted octanol–water partition coefficient (Wildman–Crippen LogP) is -4.78. The summed E-state index contributed by atoms with van der Waals surface area (Å²) < 4.78 is 0. The quantitative estimate of drug-likeness (QED) is 0.0505. The van der Waals surface area contributed by atoms with Crippen molar-refractivity contribution < 1.29 is 39.0 Å². The standard InChI is InChI=1S/C20H32N10O8/c21-10(4-9-7-25-8-27-9)16(34)29-12(5-14(22)31)17(35)30-13(6-15(32)33)18(36)28-11(19(37)38)2-1-3-26-20(23)24/h7-8,10-13H,1-6,21H2,(H2,22,31)(H,25,27)(H,28,36)(H,29,34)(H,30,35)(H,32,33)(H,37,38)(H4,23,24,26). The number of amides is 4. The number of carbonyl (C=O) groups excluding carboxylic acids is 4. The number of carbonyl (C=O) groups is 6. The lowest BCUT2D eigenvalue weighted by Crippen LogP contribution is -2.58. The lowest BCUT2D eigenvalue weighted by Gasteiger charge is -2.24. The molecule has 4 unspecified atom stereocenters. The molecule has 38 heavy (non-hydrogen) atoms. The Balaban J connectivity index is 2.93. The number of nitrogens with two attached hydrogens (primary N) is 4. The smallest absolute Gasteiger partial charge is 0.326 e. The largest absolute Gasteiger partial charge is 0.481 e. The number of carboxylic acids is 2. The zero-order valence-electron chi connectivity index (χ0n) is 20.3. The molecule has 14 N–H and O–H groups in total. The number of guanidine groups is 1. The number of H-pyrrole nitrogens is 1. The normalized spacial score (nSPS) is 13.7. The van der Waals surface area contributed by atoms with Crippen LogP contribution in [0, 0.1) is 0 Å². The van der Waals surface area contributed by atoms with E-state index in [1.54, 1.807) is 0 Å². The first-order valence-corrected chi connectivity index (χ1v) is 11.2. The number of rotatable bonds is 17. The van der Waals surface area contributed by atoms with Crippen LogP contribution >= 0.6 is 0 Å². The molecule has 1 aromatic rings. The molecule has 0 aliphatic carbocycles. The van der Waals surface area contributed by atoms with E-state index in [9.17, 15) is 39.0 Å². The molecule has 4 atom stereocenters. The third kappa shape index (κ3) is 11.8. The molecule has 1 heterocycles. The van der Waals surface area contributed by atoms with Crippen LogP contribution in [0.4, 0.5) is 0 Å². The molecule has 0 saturated carbocycles. The Morgan fingerprint density at radius 2 is 1.50 bits per heavy atom. The zero-order valence-corrected chi connectivity index (χ0v) is 20.3. The van der Waals surface area contributed by atoms with E-state index in [0.717, 1.165) is 0 Å². The minimum absolute atomic E-state index is 0.0144. The lowest BCUT2D eigenvalue weighted by atomic mass is 10.1. The summed E-state index contributed by atoms with van der Waals surface area (Å²) in [5.41, 5.74) is 21.9. The molecule has 4 amide bonds. The number of hydrogen-bond donors (Lipinski definition) is 10. The van der Waals surface area contributed by atoms with Crippen LogP contribution in [0.2, 0.25) is 0 Å². The van der Waals surface area contributed by atoms with Crippen LogP contribution in [0.3, 0.4) is 0 Å². The van der Waals surface area contributed by atoms with Gasteiger partial charge in [0.2, 0.25) is 23.6 Å². The molecule has 0 bridgehead atoms. The SMILES string of the molecule is NC(=O)CC(NC(=O)C(N)Cc1cnc[nH]1)C(=O)NC(CC(=O)O)C(=O)NC(CCCN=C(N)N)C(=O)O. The molecule has 0 spiro atoms. The second kappa shape index (κ2) is 15.4. The molecule has 0 aliphatic rings. The van der Waals surface area contributed by atoms with E-state index in [1.807, 2.05) is 0 Å². The highest BCUT2D eigenvalue weighted by atomic mass is 16.4. The van der Waals surface area contributed by atoms with Gasteiger partial charge >= 0.3 is 11.9 Å². The van der Waals surface area contributed by atoms with Crippen molar-refractivity contribution >= 4 is 41.5 Å². The topological polar surface area (TPSA) is 324 Å². The van der Waals surface area contributed by atoms with Gasteiger partial charge in [-0.15, -0.1) is 0 Å². The molecule has 210 valence electrons. The Morgan fingerprint density at radius 3 is 2.00 bits per heavy atom. The summed E-state index contributed by atoms with van der Waals surface area (Å²) in [5.74, 6) is -7.20. The zero-order chi connectivity index (χ0) is 28.8. The fourth-order valence-electron chi connectivity index (χ4n) is 3.10. The van der Waals surface area contributed by atoms with E-state index in [0.29, 0.717) is 5.69 Å². The van der Waals surface area contributed by atoms with E-state index < -0.39 is 72.6 Å². The van der Waals surface area contributed by atoms with Crippen molar-refractivity contribution in [3.8, 4) is 0 Å². The van der Waals surface area contributed by atoms with Gasteiger partial charge in [-0.3, -0.25) is 29.0 Å². The number of nitrogens with one attached hydrogen (secondary N) is 4. The molecule has 0 aliphatic heterocycles. The van der Waals surface area contributed by atoms with Crippen molar-refractivity contribution in [2.75, 3.05) is 6.54 Å². The summed E-state index contributed by atoms with van der Waals surface area (Å²) in [7, 11) is 0. The molecule has 0 fully saturated rings. The van der Waals surface area contributed by atoms with Crippen molar-refractivity contribution in [2.45, 2.75) is 56.3 Å². The predicted molar refractivity (Wildman–Crippen MR) is 130 cm³/mol. The summed E-state index contributed by atoms with van der Waals surface area (Å²) in [4.78, 5) is 82.6. The van der Waals surface area contributed by atoms with Crippen LogP contribution in [0.25, 0.3) is 0 Å². The lowest BCUT2D eigenvalue weighted by molar-refractivity contribution is -0.144. The van der Waals surface area contributed by atoms with E-state index in [-0.39, 0.29) is 31.8 Å². The minimum Gasteiger partial charge on any atom is -0.481 e. The van der Waals surface area contributed by atoms with Gasteiger partial charge in [0.05, 0.1) is 25.2 Å².